The smallest absolute Gasteiger partial charge is 0.139 e. The lowest BCUT2D eigenvalue weighted by Gasteiger charge is -2.16. The lowest BCUT2D eigenvalue weighted by Crippen LogP contribution is -2.11. The van der Waals surface area contributed by atoms with Crippen LogP contribution in [0.4, 0.5) is 0 Å². The number of ether oxygens (including phenoxy) is 1. The van der Waals surface area contributed by atoms with Gasteiger partial charge < -0.3 is 4.74 Å². The van der Waals surface area contributed by atoms with E-state index in [0.717, 1.165) is 9.80 Å². The van der Waals surface area contributed by atoms with E-state index in [0.29, 0.717) is 23.3 Å². The van der Waals surface area contributed by atoms with Gasteiger partial charge >= 0.3 is 0 Å². The first-order valence-electron chi connectivity index (χ1n) is 5.89. The van der Waals surface area contributed by atoms with Gasteiger partial charge in [-0.15, -0.1) is 0 Å². The molecule has 0 aliphatic carbocycles. The van der Waals surface area contributed by atoms with Gasteiger partial charge in [0.05, 0.1) is 11.6 Å². The Labute approximate surface area is 135 Å². The normalized spacial score (nSPS) is 12.2. The van der Waals surface area contributed by atoms with Crippen LogP contribution in [0.5, 0.6) is 5.75 Å². The third kappa shape index (κ3) is 4.23. The summed E-state index contributed by atoms with van der Waals surface area (Å²) in [4.78, 5) is 0. The summed E-state index contributed by atoms with van der Waals surface area (Å²) in [5, 5.41) is 1.48. The molecule has 0 spiro atoms. The molecule has 0 N–H and O–H groups in total. The molecule has 1 atom stereocenters. The largest absolute Gasteiger partial charge is 0.491 e. The van der Waals surface area contributed by atoms with Crippen molar-refractivity contribution in [1.29, 1.82) is 0 Å². The fraction of sp³-hybridized carbons (Fsp3) is 0.200. The molecule has 2 aromatic rings. The maximum atomic E-state index is 6.11. The molecular formula is C15H13Br2ClO. The summed E-state index contributed by atoms with van der Waals surface area (Å²) in [5.74, 6) is 1.01. The molecule has 0 aliphatic rings. The first-order chi connectivity index (χ1) is 9.20. The van der Waals surface area contributed by atoms with Gasteiger partial charge in [-0.1, -0.05) is 73.8 Å². The van der Waals surface area contributed by atoms with Gasteiger partial charge in [-0.2, -0.15) is 0 Å². The Hall–Kier alpha value is -0.510. The first kappa shape index (κ1) is 14.9. The van der Waals surface area contributed by atoms with Crippen LogP contribution in [-0.2, 0) is 0 Å². The number of halogens is 3. The molecule has 2 rings (SSSR count). The van der Waals surface area contributed by atoms with Crippen LogP contribution in [0, 0.1) is 0 Å². The minimum atomic E-state index is 0.302. The number of hydrogen-bond donors (Lipinski definition) is 0. The third-order valence-corrected chi connectivity index (χ3v) is 4.38. The Morgan fingerprint density at radius 2 is 1.84 bits per heavy atom. The number of benzene rings is 2. The minimum absolute atomic E-state index is 0.302. The van der Waals surface area contributed by atoms with E-state index in [1.807, 2.05) is 36.4 Å². The fourth-order valence-electron chi connectivity index (χ4n) is 1.73. The first-order valence-corrected chi connectivity index (χ1v) is 8.18. The molecule has 0 saturated heterocycles. The standard InChI is InChI=1S/C15H13Br2ClO/c16-9-12(11-4-2-1-3-5-11)10-19-15-8-13(17)6-7-14(15)18/h1-8,12H,9-10H2. The van der Waals surface area contributed by atoms with Crippen molar-refractivity contribution < 1.29 is 4.74 Å². The van der Waals surface area contributed by atoms with Crippen molar-refractivity contribution in [3.8, 4) is 5.75 Å². The zero-order valence-corrected chi connectivity index (χ0v) is 14.1. The molecule has 0 heterocycles. The van der Waals surface area contributed by atoms with Crippen LogP contribution in [0.3, 0.4) is 0 Å². The van der Waals surface area contributed by atoms with Crippen LogP contribution >= 0.6 is 43.5 Å². The molecule has 0 fully saturated rings. The van der Waals surface area contributed by atoms with Crippen LogP contribution in [0.2, 0.25) is 5.02 Å². The van der Waals surface area contributed by atoms with Crippen molar-refractivity contribution in [1.82, 2.24) is 0 Å². The van der Waals surface area contributed by atoms with Gasteiger partial charge in [0, 0.05) is 15.7 Å². The molecule has 100 valence electrons. The van der Waals surface area contributed by atoms with E-state index < -0.39 is 0 Å². The zero-order valence-electron chi connectivity index (χ0n) is 10.2. The van der Waals surface area contributed by atoms with Crippen LogP contribution < -0.4 is 4.74 Å². The predicted molar refractivity (Wildman–Crippen MR) is 87.6 cm³/mol. The molecule has 0 aromatic heterocycles. The summed E-state index contributed by atoms with van der Waals surface area (Å²) in [5.41, 5.74) is 1.26. The van der Waals surface area contributed by atoms with Gasteiger partial charge in [0.1, 0.15) is 5.75 Å². The van der Waals surface area contributed by atoms with Crippen LogP contribution in [0.1, 0.15) is 11.5 Å². The Bertz CT molecular complexity index is 531. The van der Waals surface area contributed by atoms with Gasteiger partial charge in [0.2, 0.25) is 0 Å². The molecule has 1 nitrogen and oxygen atoms in total. The van der Waals surface area contributed by atoms with Crippen LogP contribution in [0.25, 0.3) is 0 Å². The van der Waals surface area contributed by atoms with Crippen LogP contribution in [-0.4, -0.2) is 11.9 Å². The number of hydrogen-bond acceptors (Lipinski definition) is 1. The van der Waals surface area contributed by atoms with E-state index in [1.54, 1.807) is 0 Å². The fourth-order valence-corrected chi connectivity index (χ4v) is 2.81. The molecule has 0 bridgehead atoms. The second-order valence-corrected chi connectivity index (χ2v) is 6.12. The molecular weight excluding hydrogens is 391 g/mol. The van der Waals surface area contributed by atoms with E-state index >= 15 is 0 Å². The Morgan fingerprint density at radius 3 is 2.53 bits per heavy atom. The Balaban J connectivity index is 2.06. The highest BCUT2D eigenvalue weighted by Gasteiger charge is 2.12. The summed E-state index contributed by atoms with van der Waals surface area (Å²) in [6, 6.07) is 15.9. The van der Waals surface area contributed by atoms with Crippen molar-refractivity contribution in [3.63, 3.8) is 0 Å². The molecule has 2 aromatic carbocycles. The second-order valence-electron chi connectivity index (χ2n) is 4.15. The SMILES string of the molecule is Clc1ccc(Br)cc1OCC(CBr)c1ccccc1. The van der Waals surface area contributed by atoms with Crippen molar-refractivity contribution >= 4 is 43.5 Å². The number of alkyl halides is 1. The lowest BCUT2D eigenvalue weighted by molar-refractivity contribution is 0.298. The highest BCUT2D eigenvalue weighted by atomic mass is 79.9. The van der Waals surface area contributed by atoms with Gasteiger partial charge in [-0.25, -0.2) is 0 Å². The molecule has 1 unspecified atom stereocenters. The van der Waals surface area contributed by atoms with Crippen LogP contribution in [0.15, 0.2) is 53.0 Å². The van der Waals surface area contributed by atoms with E-state index in [-0.39, 0.29) is 0 Å². The average Bonchev–Trinajstić information content (AvgIpc) is 2.44. The quantitative estimate of drug-likeness (QED) is 0.584. The Kier molecular flexibility index (Phi) is 5.74. The van der Waals surface area contributed by atoms with Crippen molar-refractivity contribution in [2.75, 3.05) is 11.9 Å². The van der Waals surface area contributed by atoms with Crippen molar-refractivity contribution in [3.05, 3.63) is 63.6 Å². The Morgan fingerprint density at radius 1 is 1.11 bits per heavy atom. The van der Waals surface area contributed by atoms with Gasteiger partial charge in [-0.3, -0.25) is 0 Å². The molecule has 19 heavy (non-hydrogen) atoms. The summed E-state index contributed by atoms with van der Waals surface area (Å²) >= 11 is 13.1. The maximum absolute atomic E-state index is 6.11. The predicted octanol–water partition coefficient (Wildman–Crippen LogP) is 5.66. The molecule has 0 aliphatic heterocycles. The highest BCUT2D eigenvalue weighted by Crippen LogP contribution is 2.29. The van der Waals surface area contributed by atoms with Crippen molar-refractivity contribution in [2.24, 2.45) is 0 Å². The van der Waals surface area contributed by atoms with Gasteiger partial charge in [0.25, 0.3) is 0 Å². The monoisotopic (exact) mass is 402 g/mol. The van der Waals surface area contributed by atoms with E-state index in [2.05, 4.69) is 44.0 Å². The molecule has 0 amide bonds. The molecule has 4 heteroatoms. The lowest BCUT2D eigenvalue weighted by atomic mass is 10.0. The maximum Gasteiger partial charge on any atom is 0.139 e. The summed E-state index contributed by atoms with van der Waals surface area (Å²) in [6.07, 6.45) is 0. The summed E-state index contributed by atoms with van der Waals surface area (Å²) < 4.78 is 6.79. The van der Waals surface area contributed by atoms with E-state index in [4.69, 9.17) is 16.3 Å². The third-order valence-electron chi connectivity index (χ3n) is 2.79. The number of rotatable bonds is 5. The molecule has 0 radical (unpaired) electrons. The minimum Gasteiger partial charge on any atom is -0.491 e. The summed E-state index contributed by atoms with van der Waals surface area (Å²) in [7, 11) is 0. The van der Waals surface area contributed by atoms with E-state index in [1.165, 1.54) is 5.56 Å². The topological polar surface area (TPSA) is 9.23 Å². The second kappa shape index (κ2) is 7.32. The highest BCUT2D eigenvalue weighted by molar-refractivity contribution is 9.10. The van der Waals surface area contributed by atoms with Gasteiger partial charge in [0.15, 0.2) is 0 Å². The van der Waals surface area contributed by atoms with Gasteiger partial charge in [-0.05, 0) is 23.8 Å². The van der Waals surface area contributed by atoms with Crippen molar-refractivity contribution in [2.45, 2.75) is 5.92 Å². The summed E-state index contributed by atoms with van der Waals surface area (Å²) in [6.45, 7) is 0.589. The molecule has 0 saturated carbocycles. The zero-order chi connectivity index (χ0) is 13.7. The average molecular weight is 405 g/mol. The van der Waals surface area contributed by atoms with E-state index in [9.17, 15) is 0 Å².